The number of hydrogen-bond acceptors (Lipinski definition) is 5. The van der Waals surface area contributed by atoms with Crippen LogP contribution in [0.5, 0.6) is 5.75 Å². The minimum Gasteiger partial charge on any atom is -0.508 e. The first-order valence-electron chi connectivity index (χ1n) is 5.00. The van der Waals surface area contributed by atoms with Crippen molar-refractivity contribution in [3.63, 3.8) is 0 Å². The van der Waals surface area contributed by atoms with E-state index in [9.17, 15) is 4.79 Å². The van der Waals surface area contributed by atoms with Crippen LogP contribution in [-0.2, 0) is 9.53 Å². The van der Waals surface area contributed by atoms with Crippen LogP contribution in [0, 0.1) is 11.3 Å². The Labute approximate surface area is 98.9 Å². The number of aromatic hydroxyl groups is 1. The monoisotopic (exact) mass is 232 g/mol. The molecule has 0 spiro atoms. The lowest BCUT2D eigenvalue weighted by atomic mass is 10.3. The zero-order chi connectivity index (χ0) is 12.7. The molecule has 1 rings (SSSR count). The molecule has 1 aromatic carbocycles. The van der Waals surface area contributed by atoms with E-state index in [-0.39, 0.29) is 17.9 Å². The van der Waals surface area contributed by atoms with Crippen LogP contribution in [0.2, 0.25) is 0 Å². The fourth-order valence-electron chi connectivity index (χ4n) is 1.06. The first-order valence-corrected chi connectivity index (χ1v) is 5.00. The van der Waals surface area contributed by atoms with Gasteiger partial charge >= 0.3 is 5.97 Å². The summed E-state index contributed by atoms with van der Waals surface area (Å²) in [5.41, 5.74) is 0.541. The van der Waals surface area contributed by atoms with E-state index in [2.05, 4.69) is 5.32 Å². The average molecular weight is 232 g/mol. The third-order valence-electron chi connectivity index (χ3n) is 1.87. The Morgan fingerprint density at radius 1 is 1.53 bits per heavy atom. The Bertz CT molecular complexity index is 458. The highest BCUT2D eigenvalue weighted by molar-refractivity contribution is 5.93. The number of hydrogen-bond donors (Lipinski definition) is 2. The van der Waals surface area contributed by atoms with Gasteiger partial charge in [0.05, 0.1) is 6.61 Å². The zero-order valence-electron chi connectivity index (χ0n) is 9.30. The molecule has 0 radical (unpaired) electrons. The van der Waals surface area contributed by atoms with Crippen molar-refractivity contribution < 1.29 is 14.6 Å². The Hall–Kier alpha value is -2.48. The van der Waals surface area contributed by atoms with E-state index >= 15 is 0 Å². The molecule has 0 amide bonds. The number of esters is 1. The van der Waals surface area contributed by atoms with Crippen molar-refractivity contribution in [3.8, 4) is 11.8 Å². The van der Waals surface area contributed by atoms with Crippen LogP contribution < -0.4 is 5.32 Å². The van der Waals surface area contributed by atoms with Crippen LogP contribution in [-0.4, -0.2) is 17.7 Å². The smallest absolute Gasteiger partial charge is 0.350 e. The molecule has 0 bridgehead atoms. The number of nitriles is 1. The zero-order valence-corrected chi connectivity index (χ0v) is 9.30. The van der Waals surface area contributed by atoms with E-state index in [0.29, 0.717) is 5.69 Å². The highest BCUT2D eigenvalue weighted by Crippen LogP contribution is 2.14. The second kappa shape index (κ2) is 6.18. The molecule has 0 aliphatic rings. The molecule has 5 nitrogen and oxygen atoms in total. The molecule has 1 aromatic rings. The molecule has 0 fully saturated rings. The van der Waals surface area contributed by atoms with Crippen molar-refractivity contribution in [2.75, 3.05) is 11.9 Å². The van der Waals surface area contributed by atoms with E-state index in [1.54, 1.807) is 25.1 Å². The Kier molecular flexibility index (Phi) is 4.58. The van der Waals surface area contributed by atoms with Crippen LogP contribution >= 0.6 is 0 Å². The topological polar surface area (TPSA) is 82.4 Å². The number of phenols is 1. The maximum Gasteiger partial charge on any atom is 0.350 e. The minimum atomic E-state index is -0.665. The van der Waals surface area contributed by atoms with Crippen LogP contribution in [0.3, 0.4) is 0 Å². The van der Waals surface area contributed by atoms with Crippen LogP contribution in [0.1, 0.15) is 6.92 Å². The van der Waals surface area contributed by atoms with Crippen LogP contribution in [0.25, 0.3) is 0 Å². The predicted molar refractivity (Wildman–Crippen MR) is 62.1 cm³/mol. The maximum absolute atomic E-state index is 11.3. The van der Waals surface area contributed by atoms with Crippen molar-refractivity contribution in [1.82, 2.24) is 0 Å². The summed E-state index contributed by atoms with van der Waals surface area (Å²) in [6, 6.07) is 7.96. The van der Waals surface area contributed by atoms with E-state index in [1.807, 2.05) is 0 Å². The largest absolute Gasteiger partial charge is 0.508 e. The fourth-order valence-corrected chi connectivity index (χ4v) is 1.06. The fraction of sp³-hybridized carbons (Fsp3) is 0.167. The van der Waals surface area contributed by atoms with Gasteiger partial charge in [0.15, 0.2) is 5.57 Å². The number of carbonyl (C=O) groups excluding carboxylic acids is 1. The Morgan fingerprint density at radius 2 is 2.18 bits per heavy atom. The number of phenolic OH excluding ortho intramolecular Hbond substituents is 1. The summed E-state index contributed by atoms with van der Waals surface area (Å²) in [4.78, 5) is 11.3. The van der Waals surface area contributed by atoms with Crippen LogP contribution in [0.4, 0.5) is 5.69 Å². The van der Waals surface area contributed by atoms with Crippen molar-refractivity contribution in [1.29, 1.82) is 5.26 Å². The molecule has 0 aromatic heterocycles. The van der Waals surface area contributed by atoms with E-state index in [1.165, 1.54) is 18.3 Å². The molecule has 0 unspecified atom stereocenters. The third-order valence-corrected chi connectivity index (χ3v) is 1.87. The molecule has 0 saturated carbocycles. The molecule has 0 aliphatic carbocycles. The third kappa shape index (κ3) is 3.87. The Morgan fingerprint density at radius 3 is 2.71 bits per heavy atom. The summed E-state index contributed by atoms with van der Waals surface area (Å²) in [6.45, 7) is 1.89. The highest BCUT2D eigenvalue weighted by atomic mass is 16.5. The lowest BCUT2D eigenvalue weighted by molar-refractivity contribution is -0.138. The average Bonchev–Trinajstić information content (AvgIpc) is 2.32. The van der Waals surface area contributed by atoms with E-state index in [0.717, 1.165) is 0 Å². The number of rotatable bonds is 4. The first kappa shape index (κ1) is 12.6. The Balaban J connectivity index is 2.71. The first-order chi connectivity index (χ1) is 8.17. The minimum absolute atomic E-state index is 0.111. The van der Waals surface area contributed by atoms with Gasteiger partial charge < -0.3 is 15.2 Å². The number of nitrogens with one attached hydrogen (secondary N) is 1. The molecular weight excluding hydrogens is 220 g/mol. The number of ether oxygens (including phenoxy) is 1. The van der Waals surface area contributed by atoms with Crippen molar-refractivity contribution in [3.05, 3.63) is 36.0 Å². The number of carbonyl (C=O) groups is 1. The standard InChI is InChI=1S/C12H12N2O3/c1-2-17-12(16)9(7-13)8-14-10-3-5-11(15)6-4-10/h3-6,8,14-15H,2H2,1H3/b9-8+. The van der Waals surface area contributed by atoms with Gasteiger partial charge in [-0.1, -0.05) is 0 Å². The van der Waals surface area contributed by atoms with Gasteiger partial charge in [0.2, 0.25) is 0 Å². The summed E-state index contributed by atoms with van der Waals surface area (Å²) in [5.74, 6) is -0.522. The van der Waals surface area contributed by atoms with Gasteiger partial charge in [0.25, 0.3) is 0 Å². The van der Waals surface area contributed by atoms with Gasteiger partial charge in [-0.15, -0.1) is 0 Å². The van der Waals surface area contributed by atoms with Gasteiger partial charge in [-0.05, 0) is 31.2 Å². The maximum atomic E-state index is 11.3. The van der Waals surface area contributed by atoms with Gasteiger partial charge in [0.1, 0.15) is 11.8 Å². The summed E-state index contributed by atoms with van der Waals surface area (Å²) in [5, 5.41) is 20.6. The molecule has 0 aliphatic heterocycles. The predicted octanol–water partition coefficient (Wildman–Crippen LogP) is 1.77. The molecule has 0 saturated heterocycles. The lowest BCUT2D eigenvalue weighted by Crippen LogP contribution is -2.07. The number of anilines is 1. The quantitative estimate of drug-likeness (QED) is 0.358. The lowest BCUT2D eigenvalue weighted by Gasteiger charge is -2.02. The summed E-state index contributed by atoms with van der Waals surface area (Å²) >= 11 is 0. The normalized spacial score (nSPS) is 10.5. The molecular formula is C12H12N2O3. The summed E-state index contributed by atoms with van der Waals surface area (Å²) in [6.07, 6.45) is 1.27. The van der Waals surface area contributed by atoms with Crippen molar-refractivity contribution >= 4 is 11.7 Å². The molecule has 17 heavy (non-hydrogen) atoms. The van der Waals surface area contributed by atoms with Gasteiger partial charge in [-0.2, -0.15) is 5.26 Å². The van der Waals surface area contributed by atoms with Crippen molar-refractivity contribution in [2.24, 2.45) is 0 Å². The van der Waals surface area contributed by atoms with Crippen LogP contribution in [0.15, 0.2) is 36.0 Å². The second-order valence-electron chi connectivity index (χ2n) is 3.08. The van der Waals surface area contributed by atoms with Gasteiger partial charge in [-0.3, -0.25) is 0 Å². The molecule has 88 valence electrons. The molecule has 2 N–H and O–H groups in total. The molecule has 0 atom stereocenters. The SMILES string of the molecule is CCOC(=O)/C(C#N)=C/Nc1ccc(O)cc1. The molecule has 0 heterocycles. The van der Waals surface area contributed by atoms with E-state index < -0.39 is 5.97 Å². The number of nitrogens with zero attached hydrogens (tertiary/aromatic N) is 1. The molecule has 5 heteroatoms. The number of benzene rings is 1. The van der Waals surface area contributed by atoms with Gasteiger partial charge in [0, 0.05) is 11.9 Å². The van der Waals surface area contributed by atoms with Crippen molar-refractivity contribution in [2.45, 2.75) is 6.92 Å². The summed E-state index contributed by atoms with van der Waals surface area (Å²) in [7, 11) is 0. The highest BCUT2D eigenvalue weighted by Gasteiger charge is 2.08. The van der Waals surface area contributed by atoms with Gasteiger partial charge in [-0.25, -0.2) is 4.79 Å². The second-order valence-corrected chi connectivity index (χ2v) is 3.08. The summed E-state index contributed by atoms with van der Waals surface area (Å²) < 4.78 is 4.69. The van der Waals surface area contributed by atoms with E-state index in [4.69, 9.17) is 15.1 Å².